The van der Waals surface area contributed by atoms with Crippen LogP contribution in [0.5, 0.6) is 0 Å². The van der Waals surface area contributed by atoms with Crippen LogP contribution in [0.3, 0.4) is 0 Å². The van der Waals surface area contributed by atoms with Crippen molar-refractivity contribution in [1.29, 1.82) is 0 Å². The van der Waals surface area contributed by atoms with Crippen molar-refractivity contribution in [3.05, 3.63) is 0 Å². The van der Waals surface area contributed by atoms with Gasteiger partial charge in [-0.25, -0.2) is 0 Å². The molecule has 0 saturated carbocycles. The van der Waals surface area contributed by atoms with Crippen LogP contribution in [0.4, 0.5) is 0 Å². The van der Waals surface area contributed by atoms with Gasteiger partial charge in [0.1, 0.15) is 6.04 Å². The number of carboxylic acid groups (broad SMARTS) is 1. The summed E-state index contributed by atoms with van der Waals surface area (Å²) in [7, 11) is 1.45. The van der Waals surface area contributed by atoms with Crippen LogP contribution < -0.4 is 5.32 Å². The third kappa shape index (κ3) is 4.05. The maximum atomic E-state index is 10.8. The van der Waals surface area contributed by atoms with Crippen LogP contribution >= 0.6 is 0 Å². The third-order valence-corrected chi connectivity index (χ3v) is 2.73. The van der Waals surface area contributed by atoms with E-state index in [2.05, 4.69) is 5.32 Å². The van der Waals surface area contributed by atoms with E-state index in [1.54, 1.807) is 0 Å². The number of methoxy groups -OCH3 is 1. The molecule has 0 amide bonds. The van der Waals surface area contributed by atoms with Gasteiger partial charge in [-0.3, -0.25) is 10.1 Å². The van der Waals surface area contributed by atoms with Gasteiger partial charge >= 0.3 is 5.97 Å². The summed E-state index contributed by atoms with van der Waals surface area (Å²) in [6, 6.07) is -0.781. The number of hydrogen-bond donors (Lipinski definition) is 3. The van der Waals surface area contributed by atoms with Crippen molar-refractivity contribution in [2.45, 2.75) is 24.5 Å². The van der Waals surface area contributed by atoms with Crippen molar-refractivity contribution in [3.8, 4) is 0 Å². The average molecular weight is 233 g/mol. The predicted molar refractivity (Wildman–Crippen MR) is 56.3 cm³/mol. The lowest BCUT2D eigenvalue weighted by Crippen LogP contribution is -2.51. The summed E-state index contributed by atoms with van der Waals surface area (Å²) in [6.45, 7) is 1.36. The van der Waals surface area contributed by atoms with Gasteiger partial charge in [-0.2, -0.15) is 0 Å². The number of carbonyl (C=O) groups is 1. The molecular weight excluding hydrogens is 214 g/mol. The van der Waals surface area contributed by atoms with E-state index in [0.717, 1.165) is 0 Å². The predicted octanol–water partition coefficient (Wildman–Crippen LogP) is -0.783. The molecule has 0 aliphatic carbocycles. The molecule has 1 unspecified atom stereocenters. The van der Waals surface area contributed by atoms with Crippen molar-refractivity contribution in [3.63, 3.8) is 0 Å². The molecule has 16 heavy (non-hydrogen) atoms. The summed E-state index contributed by atoms with van der Waals surface area (Å²) >= 11 is 0. The molecule has 1 heterocycles. The summed E-state index contributed by atoms with van der Waals surface area (Å²) in [5, 5.41) is 21.8. The Bertz CT molecular complexity index is 227. The van der Waals surface area contributed by atoms with E-state index < -0.39 is 17.6 Å². The first-order valence-corrected chi connectivity index (χ1v) is 5.33. The summed E-state index contributed by atoms with van der Waals surface area (Å²) in [5.41, 5.74) is -0.861. The van der Waals surface area contributed by atoms with Crippen LogP contribution in [0.25, 0.3) is 0 Å². The zero-order valence-electron chi connectivity index (χ0n) is 9.44. The van der Waals surface area contributed by atoms with Crippen LogP contribution in [-0.2, 0) is 14.3 Å². The number of ether oxygens (including phenoxy) is 2. The minimum atomic E-state index is -0.975. The van der Waals surface area contributed by atoms with Crippen LogP contribution in [-0.4, -0.2) is 61.3 Å². The molecule has 0 radical (unpaired) electrons. The molecule has 6 nitrogen and oxygen atoms in total. The molecule has 0 bridgehead atoms. The van der Waals surface area contributed by atoms with Crippen molar-refractivity contribution in [2.24, 2.45) is 0 Å². The molecule has 1 rings (SSSR count). The number of aliphatic hydroxyl groups is 1. The second kappa shape index (κ2) is 6.15. The fourth-order valence-electron chi connectivity index (χ4n) is 1.63. The topological polar surface area (TPSA) is 88.0 Å². The SMILES string of the molecule is COCC(NCC1(O)CCOCC1)C(=O)O. The molecule has 3 N–H and O–H groups in total. The minimum absolute atomic E-state index is 0.0852. The number of nitrogens with one attached hydrogen (secondary N) is 1. The normalized spacial score (nSPS) is 21.6. The fourth-order valence-corrected chi connectivity index (χ4v) is 1.63. The largest absolute Gasteiger partial charge is 0.480 e. The second-order valence-electron chi connectivity index (χ2n) is 4.06. The maximum Gasteiger partial charge on any atom is 0.323 e. The lowest BCUT2D eigenvalue weighted by Gasteiger charge is -2.33. The summed E-state index contributed by atoms with van der Waals surface area (Å²) in [4.78, 5) is 10.8. The van der Waals surface area contributed by atoms with Gasteiger partial charge in [-0.05, 0) is 0 Å². The first-order valence-electron chi connectivity index (χ1n) is 5.33. The monoisotopic (exact) mass is 233 g/mol. The van der Waals surface area contributed by atoms with Gasteiger partial charge in [-0.1, -0.05) is 0 Å². The van der Waals surface area contributed by atoms with Gasteiger partial charge in [0.05, 0.1) is 12.2 Å². The Balaban J connectivity index is 2.37. The summed E-state index contributed by atoms with van der Waals surface area (Å²) < 4.78 is 9.93. The molecule has 1 fully saturated rings. The standard InChI is InChI=1S/C10H19NO5/c1-15-6-8(9(12)13)11-7-10(14)2-4-16-5-3-10/h8,11,14H,2-7H2,1H3,(H,12,13). The molecule has 1 aliphatic heterocycles. The molecule has 0 aromatic rings. The molecule has 1 saturated heterocycles. The first kappa shape index (κ1) is 13.4. The highest BCUT2D eigenvalue weighted by molar-refractivity contribution is 5.73. The zero-order chi connectivity index (χ0) is 12.0. The van der Waals surface area contributed by atoms with Crippen molar-refractivity contribution >= 4 is 5.97 Å². The molecule has 0 spiro atoms. The van der Waals surface area contributed by atoms with Gasteiger partial charge in [0.2, 0.25) is 0 Å². The number of rotatable bonds is 6. The van der Waals surface area contributed by atoms with Crippen LogP contribution in [0, 0.1) is 0 Å². The van der Waals surface area contributed by atoms with E-state index in [1.807, 2.05) is 0 Å². The van der Waals surface area contributed by atoms with E-state index in [9.17, 15) is 9.90 Å². The van der Waals surface area contributed by atoms with E-state index in [1.165, 1.54) is 7.11 Å². The van der Waals surface area contributed by atoms with E-state index in [0.29, 0.717) is 26.1 Å². The van der Waals surface area contributed by atoms with Gasteiger partial charge in [-0.15, -0.1) is 0 Å². The third-order valence-electron chi connectivity index (χ3n) is 2.73. The fraction of sp³-hybridized carbons (Fsp3) is 0.900. The van der Waals surface area contributed by atoms with E-state index >= 15 is 0 Å². The molecule has 1 aliphatic rings. The molecule has 0 aromatic carbocycles. The Labute approximate surface area is 94.5 Å². The maximum absolute atomic E-state index is 10.8. The van der Waals surface area contributed by atoms with E-state index in [4.69, 9.17) is 14.6 Å². The Kier molecular flexibility index (Phi) is 5.14. The van der Waals surface area contributed by atoms with Gasteiger partial charge in [0.15, 0.2) is 0 Å². The molecular formula is C10H19NO5. The van der Waals surface area contributed by atoms with Crippen molar-refractivity contribution in [1.82, 2.24) is 5.32 Å². The first-order chi connectivity index (χ1) is 7.57. The molecule has 94 valence electrons. The Hall–Kier alpha value is -0.690. The Morgan fingerprint density at radius 3 is 2.69 bits per heavy atom. The highest BCUT2D eigenvalue weighted by Gasteiger charge is 2.31. The molecule has 1 atom stereocenters. The number of aliphatic carboxylic acids is 1. The minimum Gasteiger partial charge on any atom is -0.480 e. The molecule has 0 aromatic heterocycles. The van der Waals surface area contributed by atoms with Gasteiger partial charge in [0.25, 0.3) is 0 Å². The summed E-state index contributed by atoms with van der Waals surface area (Å²) in [6.07, 6.45) is 1.05. The lowest BCUT2D eigenvalue weighted by molar-refractivity contribution is -0.141. The second-order valence-corrected chi connectivity index (χ2v) is 4.06. The van der Waals surface area contributed by atoms with E-state index in [-0.39, 0.29) is 13.2 Å². The quantitative estimate of drug-likeness (QED) is 0.557. The summed E-state index contributed by atoms with van der Waals surface area (Å²) in [5.74, 6) is -0.975. The zero-order valence-corrected chi connectivity index (χ0v) is 9.44. The van der Waals surface area contributed by atoms with Crippen LogP contribution in [0.1, 0.15) is 12.8 Å². The van der Waals surface area contributed by atoms with Crippen molar-refractivity contribution in [2.75, 3.05) is 33.5 Å². The Morgan fingerprint density at radius 2 is 2.19 bits per heavy atom. The van der Waals surface area contributed by atoms with Crippen molar-refractivity contribution < 1.29 is 24.5 Å². The number of carboxylic acids is 1. The lowest BCUT2D eigenvalue weighted by atomic mass is 9.94. The smallest absolute Gasteiger partial charge is 0.323 e. The molecule has 6 heteroatoms. The van der Waals surface area contributed by atoms with Gasteiger partial charge in [0, 0.05) is 39.7 Å². The van der Waals surface area contributed by atoms with Gasteiger partial charge < -0.3 is 19.7 Å². The average Bonchev–Trinajstić information content (AvgIpc) is 2.25. The highest BCUT2D eigenvalue weighted by atomic mass is 16.5. The van der Waals surface area contributed by atoms with Crippen LogP contribution in [0.15, 0.2) is 0 Å². The number of hydrogen-bond acceptors (Lipinski definition) is 5. The highest BCUT2D eigenvalue weighted by Crippen LogP contribution is 2.19. The Morgan fingerprint density at radius 1 is 1.56 bits per heavy atom. The van der Waals surface area contributed by atoms with Crippen LogP contribution in [0.2, 0.25) is 0 Å².